The number of rotatable bonds is 5. The van der Waals surface area contributed by atoms with E-state index >= 15 is 0 Å². The molecule has 1 aromatic rings. The van der Waals surface area contributed by atoms with Gasteiger partial charge in [0, 0.05) is 25.4 Å². The Morgan fingerprint density at radius 1 is 1.69 bits per heavy atom. The van der Waals surface area contributed by atoms with Crippen LogP contribution in [-0.2, 0) is 13.6 Å². The first kappa shape index (κ1) is 10.5. The number of nitrogens with one attached hydrogen (secondary N) is 1. The van der Waals surface area contributed by atoms with Crippen molar-refractivity contribution in [1.29, 1.82) is 0 Å². The lowest BCUT2D eigenvalue weighted by molar-refractivity contribution is 0.562. The number of aromatic nitrogens is 3. The van der Waals surface area contributed by atoms with E-state index < -0.39 is 0 Å². The van der Waals surface area contributed by atoms with Crippen LogP contribution in [0.2, 0.25) is 0 Å². The summed E-state index contributed by atoms with van der Waals surface area (Å²) in [5.41, 5.74) is 1.12. The van der Waals surface area contributed by atoms with Gasteiger partial charge in [0.2, 0.25) is 0 Å². The van der Waals surface area contributed by atoms with E-state index in [2.05, 4.69) is 28.8 Å². The van der Waals surface area contributed by atoms with Gasteiger partial charge >= 0.3 is 0 Å². The van der Waals surface area contributed by atoms with Crippen LogP contribution in [0.5, 0.6) is 0 Å². The Hall–Kier alpha value is -0.550. The minimum atomic E-state index is 0.532. The van der Waals surface area contributed by atoms with Crippen molar-refractivity contribution in [3.63, 3.8) is 0 Å². The normalized spacial score (nSPS) is 13.2. The number of hydrogen-bond acceptors (Lipinski definition) is 4. The highest BCUT2D eigenvalue weighted by Crippen LogP contribution is 1.98. The van der Waals surface area contributed by atoms with Crippen molar-refractivity contribution in [1.82, 2.24) is 20.3 Å². The quantitative estimate of drug-likeness (QED) is 0.758. The summed E-state index contributed by atoms with van der Waals surface area (Å²) in [6.45, 7) is 3.02. The molecule has 0 aliphatic heterocycles. The number of thioether (sulfide) groups is 1. The second-order valence-corrected chi connectivity index (χ2v) is 4.00. The van der Waals surface area contributed by atoms with Crippen LogP contribution in [-0.4, -0.2) is 33.0 Å². The zero-order valence-corrected chi connectivity index (χ0v) is 9.14. The number of aryl methyl sites for hydroxylation is 1. The van der Waals surface area contributed by atoms with Crippen LogP contribution < -0.4 is 5.32 Å². The van der Waals surface area contributed by atoms with Gasteiger partial charge in [-0.05, 0) is 13.2 Å². The van der Waals surface area contributed by atoms with Crippen molar-refractivity contribution >= 4 is 11.8 Å². The molecular weight excluding hydrogens is 184 g/mol. The molecule has 0 spiro atoms. The standard InChI is InChI=1S/C8H16N4S/c1-7(6-13-3)9-4-8-5-10-11-12(8)2/h5,7,9H,4,6H2,1-3H3. The molecule has 74 valence electrons. The van der Waals surface area contributed by atoms with Gasteiger partial charge in [-0.3, -0.25) is 4.68 Å². The minimum absolute atomic E-state index is 0.532. The summed E-state index contributed by atoms with van der Waals surface area (Å²) >= 11 is 1.85. The average Bonchev–Trinajstić information content (AvgIpc) is 2.48. The van der Waals surface area contributed by atoms with Gasteiger partial charge in [-0.15, -0.1) is 5.10 Å². The van der Waals surface area contributed by atoms with Gasteiger partial charge in [0.15, 0.2) is 0 Å². The number of hydrogen-bond donors (Lipinski definition) is 1. The monoisotopic (exact) mass is 200 g/mol. The lowest BCUT2D eigenvalue weighted by Gasteiger charge is -2.11. The van der Waals surface area contributed by atoms with Crippen molar-refractivity contribution in [2.75, 3.05) is 12.0 Å². The minimum Gasteiger partial charge on any atom is -0.308 e. The van der Waals surface area contributed by atoms with Crippen LogP contribution in [0.4, 0.5) is 0 Å². The Kier molecular flexibility index (Phi) is 4.24. The van der Waals surface area contributed by atoms with E-state index in [4.69, 9.17) is 0 Å². The number of nitrogens with zero attached hydrogens (tertiary/aromatic N) is 3. The van der Waals surface area contributed by atoms with E-state index in [9.17, 15) is 0 Å². The fourth-order valence-electron chi connectivity index (χ4n) is 1.06. The molecule has 1 heterocycles. The fourth-order valence-corrected chi connectivity index (χ4v) is 1.68. The van der Waals surface area contributed by atoms with Gasteiger partial charge in [-0.2, -0.15) is 11.8 Å². The Balaban J connectivity index is 2.30. The molecule has 0 saturated carbocycles. The van der Waals surface area contributed by atoms with Gasteiger partial charge in [0.1, 0.15) is 0 Å². The molecule has 0 aromatic carbocycles. The van der Waals surface area contributed by atoms with Crippen LogP contribution in [0, 0.1) is 0 Å². The maximum Gasteiger partial charge on any atom is 0.0738 e. The molecule has 0 aliphatic rings. The average molecular weight is 200 g/mol. The van der Waals surface area contributed by atoms with Gasteiger partial charge in [0.25, 0.3) is 0 Å². The van der Waals surface area contributed by atoms with Crippen molar-refractivity contribution in [3.8, 4) is 0 Å². The molecule has 1 unspecified atom stereocenters. The molecule has 0 amide bonds. The summed E-state index contributed by atoms with van der Waals surface area (Å²) in [6, 6.07) is 0.532. The first-order valence-corrected chi connectivity index (χ1v) is 5.69. The second kappa shape index (κ2) is 5.24. The van der Waals surface area contributed by atoms with Crippen molar-refractivity contribution in [2.45, 2.75) is 19.5 Å². The predicted octanol–water partition coefficient (Wildman–Crippen LogP) is 0.656. The third-order valence-electron chi connectivity index (χ3n) is 1.86. The SMILES string of the molecule is CSCC(C)NCc1cnnn1C. The molecular formula is C8H16N4S. The fraction of sp³-hybridized carbons (Fsp3) is 0.750. The van der Waals surface area contributed by atoms with Crippen molar-refractivity contribution in [3.05, 3.63) is 11.9 Å². The van der Waals surface area contributed by atoms with Gasteiger partial charge in [0.05, 0.1) is 11.9 Å². The maximum absolute atomic E-state index is 3.86. The van der Waals surface area contributed by atoms with E-state index in [1.165, 1.54) is 0 Å². The summed E-state index contributed by atoms with van der Waals surface area (Å²) in [5, 5.41) is 11.1. The Morgan fingerprint density at radius 2 is 2.46 bits per heavy atom. The third-order valence-corrected chi connectivity index (χ3v) is 2.69. The topological polar surface area (TPSA) is 42.7 Å². The summed E-state index contributed by atoms with van der Waals surface area (Å²) in [5.74, 6) is 1.13. The lowest BCUT2D eigenvalue weighted by atomic mass is 10.3. The third kappa shape index (κ3) is 3.36. The maximum atomic E-state index is 3.86. The second-order valence-electron chi connectivity index (χ2n) is 3.09. The Morgan fingerprint density at radius 3 is 3.00 bits per heavy atom. The highest BCUT2D eigenvalue weighted by Gasteiger charge is 2.02. The summed E-state index contributed by atoms with van der Waals surface area (Å²) in [6.07, 6.45) is 3.91. The van der Waals surface area contributed by atoms with Crippen LogP contribution in [0.25, 0.3) is 0 Å². The zero-order chi connectivity index (χ0) is 9.68. The largest absolute Gasteiger partial charge is 0.308 e. The summed E-state index contributed by atoms with van der Waals surface area (Å²) in [7, 11) is 1.91. The smallest absolute Gasteiger partial charge is 0.0738 e. The first-order chi connectivity index (χ1) is 6.24. The lowest BCUT2D eigenvalue weighted by Crippen LogP contribution is -2.28. The highest BCUT2D eigenvalue weighted by atomic mass is 32.2. The molecule has 1 aromatic heterocycles. The Labute approximate surface area is 83.1 Å². The van der Waals surface area contributed by atoms with E-state index in [0.717, 1.165) is 18.0 Å². The molecule has 0 radical (unpaired) electrons. The van der Waals surface area contributed by atoms with Gasteiger partial charge in [-0.1, -0.05) is 5.21 Å². The van der Waals surface area contributed by atoms with E-state index in [0.29, 0.717) is 6.04 Å². The van der Waals surface area contributed by atoms with Crippen LogP contribution in [0.3, 0.4) is 0 Å². The van der Waals surface area contributed by atoms with Crippen molar-refractivity contribution in [2.24, 2.45) is 7.05 Å². The van der Waals surface area contributed by atoms with E-state index in [1.54, 1.807) is 10.9 Å². The first-order valence-electron chi connectivity index (χ1n) is 4.30. The Bertz CT molecular complexity index is 248. The molecule has 0 aliphatic carbocycles. The molecule has 13 heavy (non-hydrogen) atoms. The van der Waals surface area contributed by atoms with Crippen molar-refractivity contribution < 1.29 is 0 Å². The highest BCUT2D eigenvalue weighted by molar-refractivity contribution is 7.98. The summed E-state index contributed by atoms with van der Waals surface area (Å²) in [4.78, 5) is 0. The molecule has 4 nitrogen and oxygen atoms in total. The molecule has 1 atom stereocenters. The molecule has 0 bridgehead atoms. The van der Waals surface area contributed by atoms with Crippen LogP contribution in [0.1, 0.15) is 12.6 Å². The van der Waals surface area contributed by atoms with E-state index in [-0.39, 0.29) is 0 Å². The van der Waals surface area contributed by atoms with E-state index in [1.807, 2.05) is 18.8 Å². The zero-order valence-electron chi connectivity index (χ0n) is 8.32. The molecule has 5 heteroatoms. The predicted molar refractivity (Wildman–Crippen MR) is 55.7 cm³/mol. The van der Waals surface area contributed by atoms with Crippen LogP contribution in [0.15, 0.2) is 6.20 Å². The van der Waals surface area contributed by atoms with Gasteiger partial charge in [-0.25, -0.2) is 0 Å². The molecule has 1 N–H and O–H groups in total. The molecule has 0 fully saturated rings. The molecule has 1 rings (SSSR count). The van der Waals surface area contributed by atoms with Gasteiger partial charge < -0.3 is 5.32 Å². The molecule has 0 saturated heterocycles. The van der Waals surface area contributed by atoms with Crippen LogP contribution >= 0.6 is 11.8 Å². The summed E-state index contributed by atoms with van der Waals surface area (Å²) < 4.78 is 1.79.